The largest absolute Gasteiger partial charge is 0.368 e. The van der Waals surface area contributed by atoms with Crippen LogP contribution in [0.5, 0.6) is 0 Å². The van der Waals surface area contributed by atoms with Gasteiger partial charge in [0.2, 0.25) is 0 Å². The molecule has 4 rings (SSSR count). The van der Waals surface area contributed by atoms with E-state index in [1.54, 1.807) is 11.9 Å². The minimum atomic E-state index is 0.273. The minimum Gasteiger partial charge on any atom is -0.368 e. The average molecular weight is 412 g/mol. The van der Waals surface area contributed by atoms with E-state index in [9.17, 15) is 0 Å². The average Bonchev–Trinajstić information content (AvgIpc) is 3.60. The van der Waals surface area contributed by atoms with Crippen LogP contribution in [0.15, 0.2) is 40.2 Å². The van der Waals surface area contributed by atoms with Crippen LogP contribution < -0.4 is 10.0 Å². The van der Waals surface area contributed by atoms with Crippen LogP contribution in [0.4, 0.5) is 5.82 Å². The molecular formula is C23H33N5S. The summed E-state index contributed by atoms with van der Waals surface area (Å²) in [6.07, 6.45) is 13.7. The highest BCUT2D eigenvalue weighted by Crippen LogP contribution is 2.37. The summed E-state index contributed by atoms with van der Waals surface area (Å²) in [5, 5.41) is 3.81. The van der Waals surface area contributed by atoms with Crippen molar-refractivity contribution in [2.45, 2.75) is 70.6 Å². The fourth-order valence-electron chi connectivity index (χ4n) is 3.74. The van der Waals surface area contributed by atoms with Gasteiger partial charge in [-0.25, -0.2) is 9.98 Å². The molecule has 2 unspecified atom stereocenters. The molecule has 3 aliphatic rings. The lowest BCUT2D eigenvalue weighted by atomic mass is 10.0. The van der Waals surface area contributed by atoms with Gasteiger partial charge in [0.25, 0.3) is 0 Å². The lowest BCUT2D eigenvalue weighted by molar-refractivity contribution is 0.533. The quantitative estimate of drug-likeness (QED) is 0.421. The molecule has 2 heterocycles. The Bertz CT molecular complexity index is 794. The van der Waals surface area contributed by atoms with E-state index in [0.717, 1.165) is 47.1 Å². The number of anilines is 1. The molecule has 2 saturated carbocycles. The summed E-state index contributed by atoms with van der Waals surface area (Å²) in [5.74, 6) is 4.38. The Labute approximate surface area is 179 Å². The van der Waals surface area contributed by atoms with E-state index in [-0.39, 0.29) is 5.25 Å². The van der Waals surface area contributed by atoms with Crippen molar-refractivity contribution in [2.75, 3.05) is 5.32 Å². The molecular weight excluding hydrogens is 378 g/mol. The Morgan fingerprint density at radius 2 is 2.14 bits per heavy atom. The zero-order valence-electron chi connectivity index (χ0n) is 17.8. The van der Waals surface area contributed by atoms with E-state index in [1.165, 1.54) is 32.1 Å². The van der Waals surface area contributed by atoms with E-state index in [4.69, 9.17) is 4.99 Å². The molecule has 0 aromatic carbocycles. The van der Waals surface area contributed by atoms with Crippen LogP contribution in [0.25, 0.3) is 0 Å². The minimum absolute atomic E-state index is 0.273. The molecule has 0 amide bonds. The van der Waals surface area contributed by atoms with Crippen molar-refractivity contribution >= 4 is 29.8 Å². The topological polar surface area (TPSA) is 61.7 Å². The number of aromatic nitrogens is 1. The summed E-state index contributed by atoms with van der Waals surface area (Å²) in [5.41, 5.74) is 2.06. The number of nitrogens with one attached hydrogen (secondary N) is 2. The third kappa shape index (κ3) is 6.08. The monoisotopic (exact) mass is 411 g/mol. The van der Waals surface area contributed by atoms with E-state index in [0.29, 0.717) is 6.04 Å². The Balaban J connectivity index is 1.41. The Kier molecular flexibility index (Phi) is 6.58. The van der Waals surface area contributed by atoms with Gasteiger partial charge in [-0.2, -0.15) is 0 Å². The van der Waals surface area contributed by atoms with Crippen LogP contribution in [-0.4, -0.2) is 28.3 Å². The van der Waals surface area contributed by atoms with Crippen LogP contribution >= 0.6 is 11.9 Å². The first-order valence-corrected chi connectivity index (χ1v) is 11.9. The van der Waals surface area contributed by atoms with Crippen molar-refractivity contribution in [1.29, 1.82) is 0 Å². The van der Waals surface area contributed by atoms with Crippen LogP contribution in [0.3, 0.4) is 0 Å². The van der Waals surface area contributed by atoms with Gasteiger partial charge in [-0.1, -0.05) is 19.8 Å². The van der Waals surface area contributed by atoms with Gasteiger partial charge in [-0.05, 0) is 81.4 Å². The molecule has 5 nitrogen and oxygen atoms in total. The molecule has 29 heavy (non-hydrogen) atoms. The fourth-order valence-corrected chi connectivity index (χ4v) is 4.43. The molecule has 1 aromatic rings. The number of aliphatic imine (C=N–C) groups is 2. The number of rotatable bonds is 9. The van der Waals surface area contributed by atoms with Crippen molar-refractivity contribution in [2.24, 2.45) is 27.7 Å². The van der Waals surface area contributed by atoms with Crippen molar-refractivity contribution in [3.05, 3.63) is 35.8 Å². The van der Waals surface area contributed by atoms with Gasteiger partial charge in [0.05, 0.1) is 10.9 Å². The first-order chi connectivity index (χ1) is 14.1. The number of pyridine rings is 1. The molecule has 3 atom stereocenters. The highest BCUT2D eigenvalue weighted by molar-refractivity contribution is 7.98. The predicted octanol–water partition coefficient (Wildman–Crippen LogP) is 5.42. The molecule has 0 radical (unpaired) electrons. The number of hydrogen-bond acceptors (Lipinski definition) is 6. The summed E-state index contributed by atoms with van der Waals surface area (Å²) in [4.78, 5) is 13.9. The van der Waals surface area contributed by atoms with Gasteiger partial charge in [0.15, 0.2) is 0 Å². The van der Waals surface area contributed by atoms with E-state index in [2.05, 4.69) is 53.1 Å². The van der Waals surface area contributed by atoms with Gasteiger partial charge >= 0.3 is 0 Å². The van der Waals surface area contributed by atoms with E-state index < -0.39 is 0 Å². The Morgan fingerprint density at radius 1 is 1.31 bits per heavy atom. The maximum atomic E-state index is 4.85. The van der Waals surface area contributed by atoms with Gasteiger partial charge in [-0.3, -0.25) is 4.99 Å². The molecule has 1 aliphatic heterocycles. The zero-order valence-corrected chi connectivity index (χ0v) is 18.6. The molecule has 0 saturated heterocycles. The maximum absolute atomic E-state index is 4.85. The van der Waals surface area contributed by atoms with Crippen LogP contribution in [-0.2, 0) is 0 Å². The summed E-state index contributed by atoms with van der Waals surface area (Å²) in [7, 11) is 0. The molecule has 1 aromatic heterocycles. The first-order valence-electron chi connectivity index (χ1n) is 11.0. The van der Waals surface area contributed by atoms with Crippen molar-refractivity contribution in [3.8, 4) is 0 Å². The summed E-state index contributed by atoms with van der Waals surface area (Å²) >= 11 is 1.68. The molecule has 2 fully saturated rings. The van der Waals surface area contributed by atoms with Crippen LogP contribution in [0.2, 0.25) is 0 Å². The fraction of sp³-hybridized carbons (Fsp3) is 0.609. The second-order valence-corrected chi connectivity index (χ2v) is 10.1. The predicted molar refractivity (Wildman–Crippen MR) is 124 cm³/mol. The normalized spacial score (nSPS) is 25.6. The highest BCUT2D eigenvalue weighted by atomic mass is 32.2. The Morgan fingerprint density at radius 3 is 2.90 bits per heavy atom. The SMILES string of the molecule is CC1SNC(c2ccnc(N[C@H](C)CC3CC3)c2)=N/C1=C/N=CCC(C)C1CC1. The summed E-state index contributed by atoms with van der Waals surface area (Å²) in [6, 6.07) is 4.55. The molecule has 6 heteroatoms. The van der Waals surface area contributed by atoms with Crippen molar-refractivity contribution in [1.82, 2.24) is 9.71 Å². The van der Waals surface area contributed by atoms with Gasteiger partial charge < -0.3 is 10.0 Å². The third-order valence-corrected chi connectivity index (χ3v) is 6.92. The number of nitrogens with zero attached hydrogens (tertiary/aromatic N) is 3. The highest BCUT2D eigenvalue weighted by Gasteiger charge is 2.27. The standard InChI is InChI=1S/C23H33N5S/c1-15(19-6-7-19)8-10-24-14-21-17(3)29-28-23(27-21)20-9-11-25-22(13-20)26-16(2)12-18-4-5-18/h9-11,13-19H,4-8,12H2,1-3H3,(H,25,26)(H,27,28)/b21-14+,24-10?/t15?,16-,17?/m1/s1. The second kappa shape index (κ2) is 9.33. The van der Waals surface area contributed by atoms with E-state index >= 15 is 0 Å². The van der Waals surface area contributed by atoms with Crippen LogP contribution in [0.1, 0.15) is 64.9 Å². The molecule has 0 bridgehead atoms. The zero-order chi connectivity index (χ0) is 20.2. The Hall–Kier alpha value is -1.82. The second-order valence-electron chi connectivity index (χ2n) is 8.91. The lowest BCUT2D eigenvalue weighted by Crippen LogP contribution is -2.26. The maximum Gasteiger partial charge on any atom is 0.143 e. The van der Waals surface area contributed by atoms with Crippen molar-refractivity contribution < 1.29 is 0 Å². The van der Waals surface area contributed by atoms with Gasteiger partial charge in [0, 0.05) is 30.2 Å². The lowest BCUT2D eigenvalue weighted by Gasteiger charge is -2.21. The first kappa shape index (κ1) is 20.5. The van der Waals surface area contributed by atoms with E-state index in [1.807, 2.05) is 18.5 Å². The smallest absolute Gasteiger partial charge is 0.143 e. The molecule has 2 aliphatic carbocycles. The molecule has 156 valence electrons. The van der Waals surface area contributed by atoms with Gasteiger partial charge in [-0.15, -0.1) is 0 Å². The summed E-state index contributed by atoms with van der Waals surface area (Å²) < 4.78 is 3.39. The molecule has 2 N–H and O–H groups in total. The van der Waals surface area contributed by atoms with Gasteiger partial charge in [0.1, 0.15) is 11.7 Å². The molecule has 0 spiro atoms. The summed E-state index contributed by atoms with van der Waals surface area (Å²) in [6.45, 7) is 6.73. The van der Waals surface area contributed by atoms with Crippen LogP contribution in [0, 0.1) is 17.8 Å². The van der Waals surface area contributed by atoms with Crippen molar-refractivity contribution in [3.63, 3.8) is 0 Å². The third-order valence-electron chi connectivity index (χ3n) is 6.02. The number of hydrogen-bond donors (Lipinski definition) is 2. The number of amidine groups is 1.